The van der Waals surface area contributed by atoms with E-state index in [1.54, 1.807) is 11.8 Å². The van der Waals surface area contributed by atoms with Crippen molar-refractivity contribution in [1.82, 2.24) is 9.80 Å². The molecule has 1 aliphatic rings. The second-order valence-corrected chi connectivity index (χ2v) is 8.34. The van der Waals surface area contributed by atoms with Gasteiger partial charge in [0.25, 0.3) is 5.91 Å². The molecule has 150 valence electrons. The molecule has 0 unspecified atom stereocenters. The van der Waals surface area contributed by atoms with E-state index in [1.807, 2.05) is 61.4 Å². The van der Waals surface area contributed by atoms with E-state index in [4.69, 9.17) is 16.3 Å². The third-order valence-corrected chi connectivity index (χ3v) is 6.42. The van der Waals surface area contributed by atoms with E-state index in [-0.39, 0.29) is 5.91 Å². The maximum Gasteiger partial charge on any atom is 0.253 e. The Kier molecular flexibility index (Phi) is 7.27. The van der Waals surface area contributed by atoms with E-state index in [0.29, 0.717) is 6.61 Å². The quantitative estimate of drug-likeness (QED) is 0.646. The highest BCUT2D eigenvalue weighted by Gasteiger charge is 2.22. The molecule has 0 aliphatic carbocycles. The molecule has 0 saturated carbocycles. The highest BCUT2D eigenvalue weighted by molar-refractivity contribution is 7.98. The highest BCUT2D eigenvalue weighted by Crippen LogP contribution is 2.25. The van der Waals surface area contributed by atoms with Gasteiger partial charge in [-0.2, -0.15) is 0 Å². The zero-order valence-electron chi connectivity index (χ0n) is 16.7. The van der Waals surface area contributed by atoms with Gasteiger partial charge in [0.05, 0.1) is 0 Å². The van der Waals surface area contributed by atoms with Crippen molar-refractivity contribution >= 4 is 29.3 Å². The zero-order valence-corrected chi connectivity index (χ0v) is 18.3. The van der Waals surface area contributed by atoms with Gasteiger partial charge in [0, 0.05) is 48.2 Å². The minimum absolute atomic E-state index is 0.121. The summed E-state index contributed by atoms with van der Waals surface area (Å²) in [5.41, 5.74) is 2.84. The van der Waals surface area contributed by atoms with Crippen LogP contribution in [0.2, 0.25) is 5.02 Å². The maximum atomic E-state index is 12.7. The fourth-order valence-electron chi connectivity index (χ4n) is 3.37. The second-order valence-electron chi connectivity index (χ2n) is 7.08. The Balaban J connectivity index is 1.44. The number of thioether (sulfide) groups is 1. The minimum Gasteiger partial charge on any atom is -0.492 e. The zero-order chi connectivity index (χ0) is 20.1. The first-order valence-electron chi connectivity index (χ1n) is 9.53. The predicted molar refractivity (Wildman–Crippen MR) is 117 cm³/mol. The van der Waals surface area contributed by atoms with Gasteiger partial charge in [0.1, 0.15) is 12.4 Å². The lowest BCUT2D eigenvalue weighted by molar-refractivity contribution is 0.0620. The monoisotopic (exact) mass is 418 g/mol. The van der Waals surface area contributed by atoms with Gasteiger partial charge in [-0.15, -0.1) is 11.8 Å². The number of hydrogen-bond acceptors (Lipinski definition) is 4. The number of piperazine rings is 1. The van der Waals surface area contributed by atoms with Crippen LogP contribution < -0.4 is 4.74 Å². The van der Waals surface area contributed by atoms with Crippen LogP contribution in [0.15, 0.2) is 41.3 Å². The third-order valence-electron chi connectivity index (χ3n) is 5.08. The van der Waals surface area contributed by atoms with Crippen LogP contribution in [0.3, 0.4) is 0 Å². The predicted octanol–water partition coefficient (Wildman–Crippen LogP) is 4.52. The standard InChI is InChI=1S/C22H27ClN2O2S/c1-16-14-19(15-17(2)21(16)23)27-13-12-24-8-10-25(11-9-24)22(26)18-4-6-20(28-3)7-5-18/h4-7,14-15H,8-13H2,1-3H3. The van der Waals surface area contributed by atoms with Gasteiger partial charge in [-0.1, -0.05) is 11.6 Å². The topological polar surface area (TPSA) is 32.8 Å². The number of carbonyl (C=O) groups is 1. The van der Waals surface area contributed by atoms with Crippen molar-refractivity contribution in [3.05, 3.63) is 58.1 Å². The number of halogens is 1. The smallest absolute Gasteiger partial charge is 0.253 e. The minimum atomic E-state index is 0.121. The van der Waals surface area contributed by atoms with Crippen LogP contribution in [0.1, 0.15) is 21.5 Å². The summed E-state index contributed by atoms with van der Waals surface area (Å²) in [4.78, 5) is 18.1. The fourth-order valence-corrected chi connectivity index (χ4v) is 3.89. The largest absolute Gasteiger partial charge is 0.492 e. The molecule has 2 aromatic rings. The van der Waals surface area contributed by atoms with Gasteiger partial charge in [0.2, 0.25) is 0 Å². The van der Waals surface area contributed by atoms with Gasteiger partial charge in [-0.3, -0.25) is 9.69 Å². The van der Waals surface area contributed by atoms with E-state index < -0.39 is 0 Å². The Morgan fingerprint density at radius 2 is 1.68 bits per heavy atom. The summed E-state index contributed by atoms with van der Waals surface area (Å²) in [5, 5.41) is 0.802. The Labute approximate surface area is 176 Å². The number of carbonyl (C=O) groups excluding carboxylic acids is 1. The molecule has 4 nitrogen and oxygen atoms in total. The van der Waals surface area contributed by atoms with E-state index >= 15 is 0 Å². The van der Waals surface area contributed by atoms with Crippen LogP contribution in [0.25, 0.3) is 0 Å². The van der Waals surface area contributed by atoms with Crippen molar-refractivity contribution in [2.24, 2.45) is 0 Å². The molecule has 6 heteroatoms. The number of benzene rings is 2. The second kappa shape index (κ2) is 9.68. The average Bonchev–Trinajstić information content (AvgIpc) is 2.72. The lowest BCUT2D eigenvalue weighted by Crippen LogP contribution is -2.49. The maximum absolute atomic E-state index is 12.7. The molecule has 2 aromatic carbocycles. The van der Waals surface area contributed by atoms with Crippen molar-refractivity contribution in [3.8, 4) is 5.75 Å². The number of aryl methyl sites for hydroxylation is 2. The van der Waals surface area contributed by atoms with Crippen LogP contribution in [0.5, 0.6) is 5.75 Å². The van der Waals surface area contributed by atoms with Gasteiger partial charge < -0.3 is 9.64 Å². The Hall–Kier alpha value is -1.69. The van der Waals surface area contributed by atoms with Crippen molar-refractivity contribution < 1.29 is 9.53 Å². The molecule has 1 saturated heterocycles. The van der Waals surface area contributed by atoms with E-state index in [9.17, 15) is 4.79 Å². The SMILES string of the molecule is CSc1ccc(C(=O)N2CCN(CCOc3cc(C)c(Cl)c(C)c3)CC2)cc1. The summed E-state index contributed by atoms with van der Waals surface area (Å²) in [5.74, 6) is 0.984. The first kappa shape index (κ1) is 21.0. The first-order chi connectivity index (χ1) is 13.5. The average molecular weight is 419 g/mol. The summed E-state index contributed by atoms with van der Waals surface area (Å²) in [7, 11) is 0. The van der Waals surface area contributed by atoms with E-state index in [2.05, 4.69) is 4.90 Å². The third kappa shape index (κ3) is 5.22. The molecule has 0 bridgehead atoms. The summed E-state index contributed by atoms with van der Waals surface area (Å²) < 4.78 is 5.91. The van der Waals surface area contributed by atoms with Gasteiger partial charge >= 0.3 is 0 Å². The fraction of sp³-hybridized carbons (Fsp3) is 0.409. The van der Waals surface area contributed by atoms with Crippen LogP contribution in [0, 0.1) is 13.8 Å². The molecule has 1 amide bonds. The van der Waals surface area contributed by atoms with Gasteiger partial charge in [0.15, 0.2) is 0 Å². The summed E-state index contributed by atoms with van der Waals surface area (Å²) in [6, 6.07) is 11.8. The van der Waals surface area contributed by atoms with Gasteiger partial charge in [-0.25, -0.2) is 0 Å². The number of ether oxygens (including phenoxy) is 1. The van der Waals surface area contributed by atoms with Crippen LogP contribution in [-0.4, -0.2) is 61.3 Å². The van der Waals surface area contributed by atoms with E-state index in [0.717, 1.165) is 60.2 Å². The van der Waals surface area contributed by atoms with Crippen LogP contribution >= 0.6 is 23.4 Å². The molecule has 0 spiro atoms. The molecule has 1 heterocycles. The Morgan fingerprint density at radius 1 is 1.07 bits per heavy atom. The Morgan fingerprint density at radius 3 is 2.25 bits per heavy atom. The molecule has 1 fully saturated rings. The van der Waals surface area contributed by atoms with Crippen molar-refractivity contribution in [2.75, 3.05) is 45.6 Å². The first-order valence-corrected chi connectivity index (χ1v) is 11.1. The molecule has 0 radical (unpaired) electrons. The molecule has 1 aliphatic heterocycles. The summed E-state index contributed by atoms with van der Waals surface area (Å²) in [6.07, 6.45) is 2.04. The summed E-state index contributed by atoms with van der Waals surface area (Å²) in [6.45, 7) is 8.72. The van der Waals surface area contributed by atoms with E-state index in [1.165, 1.54) is 4.90 Å². The molecule has 0 N–H and O–H groups in total. The Bertz CT molecular complexity index is 795. The molecule has 0 aromatic heterocycles. The summed E-state index contributed by atoms with van der Waals surface area (Å²) >= 11 is 7.89. The lowest BCUT2D eigenvalue weighted by atomic mass is 10.1. The van der Waals surface area contributed by atoms with Crippen molar-refractivity contribution in [1.29, 1.82) is 0 Å². The highest BCUT2D eigenvalue weighted by atomic mass is 35.5. The normalized spacial score (nSPS) is 14.9. The number of amides is 1. The van der Waals surface area contributed by atoms with Crippen LogP contribution in [-0.2, 0) is 0 Å². The number of hydrogen-bond donors (Lipinski definition) is 0. The molecular weight excluding hydrogens is 392 g/mol. The molecule has 3 rings (SSSR count). The molecule has 0 atom stereocenters. The van der Waals surface area contributed by atoms with Crippen molar-refractivity contribution in [3.63, 3.8) is 0 Å². The van der Waals surface area contributed by atoms with Gasteiger partial charge in [-0.05, 0) is 67.6 Å². The molecule has 28 heavy (non-hydrogen) atoms. The van der Waals surface area contributed by atoms with Crippen molar-refractivity contribution in [2.45, 2.75) is 18.7 Å². The lowest BCUT2D eigenvalue weighted by Gasteiger charge is -2.34. The molecular formula is C22H27ClN2O2S. The number of nitrogens with zero attached hydrogens (tertiary/aromatic N) is 2. The van der Waals surface area contributed by atoms with Crippen LogP contribution in [0.4, 0.5) is 0 Å². The number of rotatable bonds is 6.